The van der Waals surface area contributed by atoms with Gasteiger partial charge in [-0.05, 0) is 62.4 Å². The van der Waals surface area contributed by atoms with Crippen molar-refractivity contribution in [2.24, 2.45) is 5.92 Å². The minimum atomic E-state index is -2.98. The molecule has 2 saturated heterocycles. The maximum Gasteiger partial charge on any atom is 0.223 e. The molecule has 7 heteroatoms. The lowest BCUT2D eigenvalue weighted by Crippen LogP contribution is -2.44. The zero-order chi connectivity index (χ0) is 23.7. The van der Waals surface area contributed by atoms with Gasteiger partial charge in [-0.15, -0.1) is 0 Å². The van der Waals surface area contributed by atoms with Gasteiger partial charge in [-0.3, -0.25) is 9.69 Å². The Morgan fingerprint density at radius 3 is 2.44 bits per heavy atom. The molecular formula is C27H33N3O3S. The van der Waals surface area contributed by atoms with Gasteiger partial charge in [0.05, 0.1) is 11.5 Å². The largest absolute Gasteiger partial charge is 0.352 e. The number of likely N-dealkylation sites (tertiary alicyclic amines) is 1. The number of amides is 1. The quantitative estimate of drug-likeness (QED) is 0.587. The fraction of sp³-hybridized carbons (Fsp3) is 0.444. The van der Waals surface area contributed by atoms with Crippen molar-refractivity contribution in [3.63, 3.8) is 0 Å². The topological polar surface area (TPSA) is 71.4 Å². The highest BCUT2D eigenvalue weighted by Gasteiger charge is 2.32. The Kier molecular flexibility index (Phi) is 6.49. The van der Waals surface area contributed by atoms with Crippen LogP contribution < -0.4 is 5.32 Å². The van der Waals surface area contributed by atoms with E-state index < -0.39 is 9.84 Å². The van der Waals surface area contributed by atoms with Gasteiger partial charge in [0.2, 0.25) is 5.91 Å². The Balaban J connectivity index is 1.24. The smallest absolute Gasteiger partial charge is 0.223 e. The van der Waals surface area contributed by atoms with Crippen molar-refractivity contribution in [3.05, 3.63) is 71.4 Å². The molecule has 2 fully saturated rings. The first-order chi connectivity index (χ1) is 16.4. The number of hydrogen-bond acceptors (Lipinski definition) is 4. The summed E-state index contributed by atoms with van der Waals surface area (Å²) >= 11 is 0. The zero-order valence-electron chi connectivity index (χ0n) is 19.7. The summed E-state index contributed by atoms with van der Waals surface area (Å²) in [6, 6.07) is 19.4. The maximum atomic E-state index is 12.7. The van der Waals surface area contributed by atoms with Crippen molar-refractivity contribution in [1.29, 1.82) is 0 Å². The van der Waals surface area contributed by atoms with Gasteiger partial charge in [0.25, 0.3) is 0 Å². The monoisotopic (exact) mass is 479 g/mol. The molecule has 3 aromatic rings. The molecule has 34 heavy (non-hydrogen) atoms. The Morgan fingerprint density at radius 1 is 1.00 bits per heavy atom. The average Bonchev–Trinajstić information content (AvgIpc) is 3.34. The van der Waals surface area contributed by atoms with Gasteiger partial charge in [0, 0.05) is 36.3 Å². The van der Waals surface area contributed by atoms with Gasteiger partial charge in [-0.2, -0.15) is 0 Å². The van der Waals surface area contributed by atoms with Gasteiger partial charge in [-0.1, -0.05) is 48.0 Å². The van der Waals surface area contributed by atoms with Crippen LogP contribution in [0.25, 0.3) is 10.9 Å². The molecule has 3 heterocycles. The molecular weight excluding hydrogens is 446 g/mol. The third kappa shape index (κ3) is 5.20. The number of rotatable bonds is 6. The fourth-order valence-electron chi connectivity index (χ4n) is 5.27. The molecule has 2 aromatic carbocycles. The number of piperidine rings is 1. The van der Waals surface area contributed by atoms with Gasteiger partial charge in [0.1, 0.15) is 0 Å². The molecule has 2 aliphatic rings. The Morgan fingerprint density at radius 2 is 1.74 bits per heavy atom. The maximum absolute atomic E-state index is 12.7. The van der Waals surface area contributed by atoms with Crippen LogP contribution in [0, 0.1) is 12.8 Å². The molecule has 1 amide bonds. The van der Waals surface area contributed by atoms with E-state index in [2.05, 4.69) is 76.3 Å². The first-order valence-electron chi connectivity index (χ1n) is 12.2. The second-order valence-corrected chi connectivity index (χ2v) is 12.2. The number of aromatic nitrogens is 1. The van der Waals surface area contributed by atoms with E-state index in [1.54, 1.807) is 0 Å². The summed E-state index contributed by atoms with van der Waals surface area (Å²) in [5.74, 6) is 0.268. The molecule has 0 spiro atoms. The van der Waals surface area contributed by atoms with Crippen molar-refractivity contribution in [3.8, 4) is 0 Å². The van der Waals surface area contributed by atoms with Crippen LogP contribution in [0.3, 0.4) is 0 Å². The van der Waals surface area contributed by atoms with E-state index in [1.165, 1.54) is 27.7 Å². The highest BCUT2D eigenvalue weighted by atomic mass is 32.2. The SMILES string of the molecule is Cc1ccc(Cn2c(CN3CCC(C(=O)N[C@@H]4CCS(=O)(=O)C4)CC3)cc3ccccc32)cc1. The molecule has 0 radical (unpaired) electrons. The summed E-state index contributed by atoms with van der Waals surface area (Å²) in [7, 11) is -2.98. The summed E-state index contributed by atoms with van der Waals surface area (Å²) in [5.41, 5.74) is 5.10. The van der Waals surface area contributed by atoms with E-state index >= 15 is 0 Å². The number of hydrogen-bond donors (Lipinski definition) is 1. The fourth-order valence-corrected chi connectivity index (χ4v) is 6.94. The van der Waals surface area contributed by atoms with Gasteiger partial charge in [0.15, 0.2) is 9.84 Å². The summed E-state index contributed by atoms with van der Waals surface area (Å²) in [6.07, 6.45) is 2.16. The minimum Gasteiger partial charge on any atom is -0.352 e. The van der Waals surface area contributed by atoms with E-state index in [4.69, 9.17) is 0 Å². The van der Waals surface area contributed by atoms with Crippen molar-refractivity contribution >= 4 is 26.6 Å². The van der Waals surface area contributed by atoms with Crippen LogP contribution in [-0.2, 0) is 27.7 Å². The summed E-state index contributed by atoms with van der Waals surface area (Å²) in [6.45, 7) is 5.54. The molecule has 1 atom stereocenters. The number of sulfone groups is 1. The number of nitrogens with one attached hydrogen (secondary N) is 1. The molecule has 0 unspecified atom stereocenters. The van der Waals surface area contributed by atoms with Crippen LogP contribution in [0.5, 0.6) is 0 Å². The lowest BCUT2D eigenvalue weighted by atomic mass is 9.95. The van der Waals surface area contributed by atoms with Crippen molar-refractivity contribution in [2.75, 3.05) is 24.6 Å². The molecule has 0 aliphatic carbocycles. The number of fused-ring (bicyclic) bond motifs is 1. The first kappa shape index (κ1) is 23.1. The Hall–Kier alpha value is -2.64. The van der Waals surface area contributed by atoms with E-state index in [1.807, 2.05) is 0 Å². The molecule has 1 N–H and O–H groups in total. The third-order valence-corrected chi connectivity index (χ3v) is 9.05. The second-order valence-electron chi connectivity index (χ2n) is 9.93. The molecule has 2 aliphatic heterocycles. The Labute approximate surface area is 201 Å². The summed E-state index contributed by atoms with van der Waals surface area (Å²) in [4.78, 5) is 15.1. The first-order valence-corrected chi connectivity index (χ1v) is 14.0. The van der Waals surface area contributed by atoms with E-state index in [0.29, 0.717) is 6.42 Å². The average molecular weight is 480 g/mol. The molecule has 0 saturated carbocycles. The predicted octanol–water partition coefficient (Wildman–Crippen LogP) is 3.51. The number of nitrogens with zero attached hydrogens (tertiary/aromatic N) is 2. The highest BCUT2D eigenvalue weighted by Crippen LogP contribution is 2.25. The third-order valence-electron chi connectivity index (χ3n) is 7.28. The van der Waals surface area contributed by atoms with Crippen LogP contribution in [0.1, 0.15) is 36.1 Å². The predicted molar refractivity (Wildman–Crippen MR) is 135 cm³/mol. The zero-order valence-corrected chi connectivity index (χ0v) is 20.6. The van der Waals surface area contributed by atoms with Crippen LogP contribution in [0.4, 0.5) is 0 Å². The summed E-state index contributed by atoms with van der Waals surface area (Å²) < 4.78 is 25.8. The normalized spacial score (nSPS) is 21.1. The van der Waals surface area contributed by atoms with Crippen LogP contribution >= 0.6 is 0 Å². The van der Waals surface area contributed by atoms with Crippen molar-refractivity contribution < 1.29 is 13.2 Å². The molecule has 5 rings (SSSR count). The van der Waals surface area contributed by atoms with Crippen LogP contribution in [-0.4, -0.2) is 54.4 Å². The van der Waals surface area contributed by atoms with E-state index in [-0.39, 0.29) is 29.4 Å². The standard InChI is InChI=1S/C27H33N3O3S/c1-20-6-8-21(9-7-20)17-30-25(16-23-4-2-3-5-26(23)30)18-29-13-10-22(11-14-29)27(31)28-24-12-15-34(32,33)19-24/h2-9,16,22,24H,10-15,17-19H2,1H3,(H,28,31)/t24-/m1/s1. The lowest BCUT2D eigenvalue weighted by Gasteiger charge is -2.32. The van der Waals surface area contributed by atoms with Gasteiger partial charge in [-0.25, -0.2) is 8.42 Å². The summed E-state index contributed by atoms with van der Waals surface area (Å²) in [5, 5.41) is 4.24. The Bertz CT molecular complexity index is 1270. The lowest BCUT2D eigenvalue weighted by molar-refractivity contribution is -0.127. The number of carbonyl (C=O) groups excluding carboxylic acids is 1. The van der Waals surface area contributed by atoms with Gasteiger partial charge >= 0.3 is 0 Å². The molecule has 6 nitrogen and oxygen atoms in total. The minimum absolute atomic E-state index is 0.0234. The number of para-hydroxylation sites is 1. The van der Waals surface area contributed by atoms with Crippen molar-refractivity contribution in [2.45, 2.75) is 45.3 Å². The molecule has 1 aromatic heterocycles. The van der Waals surface area contributed by atoms with E-state index in [0.717, 1.165) is 39.0 Å². The van der Waals surface area contributed by atoms with Crippen LogP contribution in [0.15, 0.2) is 54.6 Å². The number of aryl methyl sites for hydroxylation is 1. The van der Waals surface area contributed by atoms with Gasteiger partial charge < -0.3 is 9.88 Å². The second kappa shape index (κ2) is 9.55. The number of benzene rings is 2. The van der Waals surface area contributed by atoms with E-state index in [9.17, 15) is 13.2 Å². The number of carbonyl (C=O) groups is 1. The van der Waals surface area contributed by atoms with Crippen LogP contribution in [0.2, 0.25) is 0 Å². The molecule has 0 bridgehead atoms. The highest BCUT2D eigenvalue weighted by molar-refractivity contribution is 7.91. The van der Waals surface area contributed by atoms with Crippen molar-refractivity contribution in [1.82, 2.24) is 14.8 Å². The molecule has 180 valence electrons.